The lowest BCUT2D eigenvalue weighted by atomic mass is 10.2. The minimum Gasteiger partial charge on any atom is -0.344 e. The summed E-state index contributed by atoms with van der Waals surface area (Å²) in [7, 11) is 3.72. The predicted molar refractivity (Wildman–Crippen MR) is 80.7 cm³/mol. The van der Waals surface area contributed by atoms with Gasteiger partial charge in [-0.05, 0) is 25.6 Å². The zero-order valence-electron chi connectivity index (χ0n) is 12.4. The molecule has 1 heterocycles. The maximum Gasteiger partial charge on any atom is 0.222 e. The molecule has 2 N–H and O–H groups in total. The molecule has 0 atom stereocenters. The van der Waals surface area contributed by atoms with Crippen molar-refractivity contribution in [1.29, 1.82) is 0 Å². The zero-order valence-corrected chi connectivity index (χ0v) is 12.4. The molecule has 1 aromatic carbocycles. The summed E-state index contributed by atoms with van der Waals surface area (Å²) in [5.74, 6) is 1.03. The minimum atomic E-state index is 0.150. The number of carbonyl (C=O) groups excluding carboxylic acids is 1. The number of hydrogen-bond donors (Lipinski definition) is 2. The van der Waals surface area contributed by atoms with E-state index >= 15 is 0 Å². The van der Waals surface area contributed by atoms with E-state index in [2.05, 4.69) is 15.3 Å². The van der Waals surface area contributed by atoms with Crippen LogP contribution in [0.2, 0.25) is 0 Å². The Hall–Kier alpha value is -1.88. The van der Waals surface area contributed by atoms with Gasteiger partial charge in [0.25, 0.3) is 0 Å². The van der Waals surface area contributed by atoms with Crippen molar-refractivity contribution in [2.24, 2.45) is 0 Å². The monoisotopic (exact) mass is 274 g/mol. The molecule has 5 heteroatoms. The Morgan fingerprint density at radius 3 is 2.95 bits per heavy atom. The first kappa shape index (κ1) is 14.5. The van der Waals surface area contributed by atoms with Crippen molar-refractivity contribution in [3.63, 3.8) is 0 Å². The second kappa shape index (κ2) is 6.52. The van der Waals surface area contributed by atoms with Gasteiger partial charge >= 0.3 is 0 Å². The van der Waals surface area contributed by atoms with E-state index in [1.807, 2.05) is 39.2 Å². The average molecular weight is 274 g/mol. The Balaban J connectivity index is 1.95. The van der Waals surface area contributed by atoms with E-state index in [1.54, 1.807) is 4.90 Å². The molecule has 2 aromatic rings. The molecular weight excluding hydrogens is 252 g/mol. The number of fused-ring (bicyclic) bond motifs is 1. The Morgan fingerprint density at radius 1 is 1.45 bits per heavy atom. The fourth-order valence-electron chi connectivity index (χ4n) is 2.17. The van der Waals surface area contributed by atoms with Crippen LogP contribution < -0.4 is 5.32 Å². The number of nitrogens with one attached hydrogen (secondary N) is 2. The van der Waals surface area contributed by atoms with E-state index in [9.17, 15) is 4.79 Å². The Morgan fingerprint density at radius 2 is 2.25 bits per heavy atom. The number of H-pyrrole nitrogens is 1. The molecule has 5 nitrogen and oxygen atoms in total. The van der Waals surface area contributed by atoms with Crippen molar-refractivity contribution in [3.8, 4) is 0 Å². The maximum atomic E-state index is 12.0. The van der Waals surface area contributed by atoms with Crippen LogP contribution in [0.1, 0.15) is 17.8 Å². The Kier molecular flexibility index (Phi) is 4.74. The zero-order chi connectivity index (χ0) is 14.5. The molecule has 0 bridgehead atoms. The molecule has 20 heavy (non-hydrogen) atoms. The first-order valence-electron chi connectivity index (χ1n) is 6.94. The summed E-state index contributed by atoms with van der Waals surface area (Å²) in [6.07, 6.45) is 1.13. The van der Waals surface area contributed by atoms with Crippen molar-refractivity contribution in [2.75, 3.05) is 27.2 Å². The highest BCUT2D eigenvalue weighted by molar-refractivity contribution is 5.79. The normalized spacial score (nSPS) is 10.9. The van der Waals surface area contributed by atoms with Crippen LogP contribution >= 0.6 is 0 Å². The van der Waals surface area contributed by atoms with E-state index in [0.29, 0.717) is 12.8 Å². The summed E-state index contributed by atoms with van der Waals surface area (Å²) in [4.78, 5) is 21.6. The van der Waals surface area contributed by atoms with Crippen LogP contribution in [0.15, 0.2) is 18.2 Å². The number of benzene rings is 1. The van der Waals surface area contributed by atoms with Crippen LogP contribution in [0.25, 0.3) is 11.0 Å². The topological polar surface area (TPSA) is 61.0 Å². The highest BCUT2D eigenvalue weighted by atomic mass is 16.2. The number of likely N-dealkylation sites (N-methyl/N-ethyl adjacent to an activating group) is 2. The highest BCUT2D eigenvalue weighted by Crippen LogP contribution is 2.16. The molecular formula is C15H22N4O. The fourth-order valence-corrected chi connectivity index (χ4v) is 2.17. The van der Waals surface area contributed by atoms with E-state index in [-0.39, 0.29) is 5.91 Å². The molecule has 0 radical (unpaired) electrons. The summed E-state index contributed by atoms with van der Waals surface area (Å²) < 4.78 is 0. The number of para-hydroxylation sites is 1. The van der Waals surface area contributed by atoms with Crippen molar-refractivity contribution in [2.45, 2.75) is 19.8 Å². The first-order valence-corrected chi connectivity index (χ1v) is 6.94. The number of aromatic amines is 1. The molecule has 1 amide bonds. The van der Waals surface area contributed by atoms with Crippen LogP contribution in [0.3, 0.4) is 0 Å². The van der Waals surface area contributed by atoms with Crippen LogP contribution in [0.5, 0.6) is 0 Å². The van der Waals surface area contributed by atoms with Gasteiger partial charge in [0, 0.05) is 33.0 Å². The average Bonchev–Trinajstić information content (AvgIpc) is 2.86. The fraction of sp³-hybridized carbons (Fsp3) is 0.467. The van der Waals surface area contributed by atoms with Gasteiger partial charge in [0.05, 0.1) is 11.0 Å². The highest BCUT2D eigenvalue weighted by Gasteiger charge is 2.10. The summed E-state index contributed by atoms with van der Waals surface area (Å²) in [5.41, 5.74) is 3.19. The molecule has 0 saturated carbocycles. The van der Waals surface area contributed by atoms with Gasteiger partial charge in [-0.1, -0.05) is 12.1 Å². The van der Waals surface area contributed by atoms with Crippen molar-refractivity contribution in [3.05, 3.63) is 29.6 Å². The number of amides is 1. The molecule has 0 spiro atoms. The largest absolute Gasteiger partial charge is 0.344 e. The van der Waals surface area contributed by atoms with E-state index in [0.717, 1.165) is 35.5 Å². The lowest BCUT2D eigenvalue weighted by molar-refractivity contribution is -0.129. The summed E-state index contributed by atoms with van der Waals surface area (Å²) in [6, 6.07) is 6.07. The second-order valence-electron chi connectivity index (χ2n) is 5.07. The van der Waals surface area contributed by atoms with Gasteiger partial charge in [-0.15, -0.1) is 0 Å². The van der Waals surface area contributed by atoms with Crippen LogP contribution in [0.4, 0.5) is 0 Å². The van der Waals surface area contributed by atoms with Gasteiger partial charge in [-0.25, -0.2) is 4.98 Å². The predicted octanol–water partition coefficient (Wildman–Crippen LogP) is 1.48. The summed E-state index contributed by atoms with van der Waals surface area (Å²) in [5, 5.41) is 3.04. The molecule has 0 aliphatic carbocycles. The molecule has 0 aliphatic rings. The third-order valence-corrected chi connectivity index (χ3v) is 3.46. The number of aryl methyl sites for hydroxylation is 2. The molecule has 0 unspecified atom stereocenters. The summed E-state index contributed by atoms with van der Waals surface area (Å²) >= 11 is 0. The van der Waals surface area contributed by atoms with Gasteiger partial charge in [0.1, 0.15) is 5.82 Å². The molecule has 0 fully saturated rings. The van der Waals surface area contributed by atoms with E-state index in [1.165, 1.54) is 0 Å². The molecule has 108 valence electrons. The van der Waals surface area contributed by atoms with Crippen molar-refractivity contribution in [1.82, 2.24) is 20.2 Å². The smallest absolute Gasteiger partial charge is 0.222 e. The molecule has 0 aliphatic heterocycles. The van der Waals surface area contributed by atoms with E-state index in [4.69, 9.17) is 0 Å². The second-order valence-corrected chi connectivity index (χ2v) is 5.07. The number of carbonyl (C=O) groups is 1. The number of aromatic nitrogens is 2. The number of hydrogen-bond acceptors (Lipinski definition) is 3. The Bertz CT molecular complexity index is 591. The molecule has 0 saturated heterocycles. The number of rotatable bonds is 6. The van der Waals surface area contributed by atoms with Crippen molar-refractivity contribution < 1.29 is 4.79 Å². The lowest BCUT2D eigenvalue weighted by Gasteiger charge is -2.16. The number of imidazole rings is 1. The number of nitrogens with zero attached hydrogens (tertiary/aromatic N) is 2. The SMILES string of the molecule is CNCCN(C)C(=O)CCc1nc2c(C)cccc2[nH]1. The third kappa shape index (κ3) is 3.36. The standard InChI is InChI=1S/C15H22N4O/c1-11-5-4-6-12-15(11)18-13(17-12)7-8-14(20)19(3)10-9-16-2/h4-6,16H,7-10H2,1-3H3,(H,17,18). The first-order chi connectivity index (χ1) is 9.61. The van der Waals surface area contributed by atoms with Crippen LogP contribution in [-0.2, 0) is 11.2 Å². The van der Waals surface area contributed by atoms with Crippen LogP contribution in [0, 0.1) is 6.92 Å². The summed E-state index contributed by atoms with van der Waals surface area (Å²) in [6.45, 7) is 3.59. The lowest BCUT2D eigenvalue weighted by Crippen LogP contribution is -2.32. The van der Waals surface area contributed by atoms with E-state index < -0.39 is 0 Å². The van der Waals surface area contributed by atoms with Gasteiger partial charge in [-0.3, -0.25) is 4.79 Å². The van der Waals surface area contributed by atoms with Gasteiger partial charge in [0.15, 0.2) is 0 Å². The van der Waals surface area contributed by atoms with Gasteiger partial charge < -0.3 is 15.2 Å². The molecule has 1 aromatic heterocycles. The quantitative estimate of drug-likeness (QED) is 0.839. The van der Waals surface area contributed by atoms with Crippen molar-refractivity contribution >= 4 is 16.9 Å². The van der Waals surface area contributed by atoms with Gasteiger partial charge in [0.2, 0.25) is 5.91 Å². The minimum absolute atomic E-state index is 0.150. The maximum absolute atomic E-state index is 12.0. The third-order valence-electron chi connectivity index (χ3n) is 3.46. The van der Waals surface area contributed by atoms with Gasteiger partial charge in [-0.2, -0.15) is 0 Å². The molecule has 2 rings (SSSR count). The Labute approximate surface area is 119 Å². The van der Waals surface area contributed by atoms with Crippen LogP contribution in [-0.4, -0.2) is 48.0 Å².